The van der Waals surface area contributed by atoms with Gasteiger partial charge < -0.3 is 9.80 Å². The zero-order chi connectivity index (χ0) is 15.4. The molecule has 1 aliphatic rings. The van der Waals surface area contributed by atoms with Crippen molar-refractivity contribution in [3.05, 3.63) is 33.3 Å². The molecule has 3 nitrogen and oxygen atoms in total. The van der Waals surface area contributed by atoms with Crippen LogP contribution in [-0.4, -0.2) is 48.9 Å². The predicted molar refractivity (Wildman–Crippen MR) is 91.0 cm³/mol. The van der Waals surface area contributed by atoms with Crippen LogP contribution in [0.4, 0.5) is 0 Å². The Kier molecular flexibility index (Phi) is 6.08. The lowest BCUT2D eigenvalue weighted by molar-refractivity contribution is 0.0667. The van der Waals surface area contributed by atoms with Crippen LogP contribution in [0.5, 0.6) is 0 Å². The van der Waals surface area contributed by atoms with Crippen molar-refractivity contribution in [2.24, 2.45) is 0 Å². The van der Waals surface area contributed by atoms with Crippen molar-refractivity contribution in [1.29, 1.82) is 0 Å². The lowest BCUT2D eigenvalue weighted by Gasteiger charge is -2.30. The standard InChI is InChI=1S/C16H22BrClN2O/c1-19(2)9-10-20(13-5-3-4-6-13)16(21)12-7-8-15(18)14(17)11-12/h7-8,11,13H,3-6,9-10H2,1-2H3. The second-order valence-corrected chi connectivity index (χ2v) is 7.13. The van der Waals surface area contributed by atoms with E-state index in [9.17, 15) is 4.79 Å². The Balaban J connectivity index is 2.17. The van der Waals surface area contributed by atoms with Gasteiger partial charge in [0.15, 0.2) is 0 Å². The summed E-state index contributed by atoms with van der Waals surface area (Å²) in [4.78, 5) is 17.0. The zero-order valence-electron chi connectivity index (χ0n) is 12.6. The number of hydrogen-bond donors (Lipinski definition) is 0. The van der Waals surface area contributed by atoms with Crippen LogP contribution < -0.4 is 0 Å². The number of carbonyl (C=O) groups excluding carboxylic acids is 1. The molecule has 0 bridgehead atoms. The van der Waals surface area contributed by atoms with Gasteiger partial charge in [-0.1, -0.05) is 24.4 Å². The zero-order valence-corrected chi connectivity index (χ0v) is 15.0. The molecule has 0 heterocycles. The minimum atomic E-state index is 0.112. The van der Waals surface area contributed by atoms with E-state index in [1.165, 1.54) is 12.8 Å². The van der Waals surface area contributed by atoms with Crippen LogP contribution in [0.25, 0.3) is 0 Å². The van der Waals surface area contributed by atoms with Crippen LogP contribution in [0.3, 0.4) is 0 Å². The number of halogens is 2. The number of amides is 1. The number of hydrogen-bond acceptors (Lipinski definition) is 2. The average Bonchev–Trinajstić information content (AvgIpc) is 2.95. The molecule has 1 fully saturated rings. The smallest absolute Gasteiger partial charge is 0.254 e. The van der Waals surface area contributed by atoms with Gasteiger partial charge in [0.1, 0.15) is 0 Å². The molecule has 116 valence electrons. The number of carbonyl (C=O) groups is 1. The van der Waals surface area contributed by atoms with Crippen LogP contribution >= 0.6 is 27.5 Å². The first-order valence-electron chi connectivity index (χ1n) is 7.40. The summed E-state index contributed by atoms with van der Waals surface area (Å²) in [5, 5.41) is 0.632. The highest BCUT2D eigenvalue weighted by Gasteiger charge is 2.27. The predicted octanol–water partition coefficient (Wildman–Crippen LogP) is 4.05. The van der Waals surface area contributed by atoms with Crippen molar-refractivity contribution in [3.8, 4) is 0 Å². The Morgan fingerprint density at radius 2 is 1.95 bits per heavy atom. The second kappa shape index (κ2) is 7.61. The number of nitrogens with zero attached hydrogens (tertiary/aromatic N) is 2. The Morgan fingerprint density at radius 3 is 2.52 bits per heavy atom. The Labute approximate surface area is 140 Å². The minimum absolute atomic E-state index is 0.112. The number of benzene rings is 1. The third-order valence-electron chi connectivity index (χ3n) is 3.98. The fourth-order valence-corrected chi connectivity index (χ4v) is 3.26. The van der Waals surface area contributed by atoms with Gasteiger partial charge in [0.05, 0.1) is 5.02 Å². The molecule has 2 rings (SSSR count). The Hall–Kier alpha value is -0.580. The number of rotatable bonds is 5. The van der Waals surface area contributed by atoms with Crippen LogP contribution in [0.2, 0.25) is 5.02 Å². The van der Waals surface area contributed by atoms with Gasteiger partial charge in [0, 0.05) is 29.2 Å². The quantitative estimate of drug-likeness (QED) is 0.777. The molecule has 5 heteroatoms. The molecule has 1 aromatic carbocycles. The van der Waals surface area contributed by atoms with Crippen LogP contribution in [0, 0.1) is 0 Å². The first-order chi connectivity index (χ1) is 9.99. The molecular formula is C16H22BrClN2O. The van der Waals surface area contributed by atoms with Crippen molar-refractivity contribution < 1.29 is 4.79 Å². The van der Waals surface area contributed by atoms with Crippen molar-refractivity contribution in [1.82, 2.24) is 9.80 Å². The maximum absolute atomic E-state index is 12.9. The lowest BCUT2D eigenvalue weighted by Crippen LogP contribution is -2.42. The largest absolute Gasteiger partial charge is 0.334 e. The molecule has 1 saturated carbocycles. The van der Waals surface area contributed by atoms with E-state index in [1.54, 1.807) is 6.07 Å². The second-order valence-electron chi connectivity index (χ2n) is 5.87. The molecule has 1 aliphatic carbocycles. The molecule has 0 radical (unpaired) electrons. The normalized spacial score (nSPS) is 15.7. The van der Waals surface area contributed by atoms with E-state index in [-0.39, 0.29) is 5.91 Å². The highest BCUT2D eigenvalue weighted by Crippen LogP contribution is 2.27. The van der Waals surface area contributed by atoms with Crippen LogP contribution in [0.15, 0.2) is 22.7 Å². The van der Waals surface area contributed by atoms with Gasteiger partial charge in [-0.3, -0.25) is 4.79 Å². The highest BCUT2D eigenvalue weighted by molar-refractivity contribution is 9.10. The van der Waals surface area contributed by atoms with E-state index in [1.807, 2.05) is 31.1 Å². The van der Waals surface area contributed by atoms with E-state index < -0.39 is 0 Å². The summed E-state index contributed by atoms with van der Waals surface area (Å²) in [5.41, 5.74) is 0.705. The first-order valence-corrected chi connectivity index (χ1v) is 8.57. The summed E-state index contributed by atoms with van der Waals surface area (Å²) in [6.07, 6.45) is 4.68. The van der Waals surface area contributed by atoms with E-state index in [2.05, 4.69) is 20.8 Å². The molecule has 1 aromatic rings. The Morgan fingerprint density at radius 1 is 1.29 bits per heavy atom. The van der Waals surface area contributed by atoms with Crippen molar-refractivity contribution in [2.75, 3.05) is 27.2 Å². The van der Waals surface area contributed by atoms with E-state index in [4.69, 9.17) is 11.6 Å². The SMILES string of the molecule is CN(C)CCN(C(=O)c1ccc(Cl)c(Br)c1)C1CCCC1. The third kappa shape index (κ3) is 4.44. The van der Waals surface area contributed by atoms with E-state index in [0.717, 1.165) is 30.4 Å². The molecule has 0 aromatic heterocycles. The molecule has 1 amide bonds. The molecule has 0 unspecified atom stereocenters. The van der Waals surface area contributed by atoms with Crippen molar-refractivity contribution >= 4 is 33.4 Å². The molecular weight excluding hydrogens is 352 g/mol. The van der Waals surface area contributed by atoms with Crippen LogP contribution in [0.1, 0.15) is 36.0 Å². The summed E-state index contributed by atoms with van der Waals surface area (Å²) >= 11 is 9.41. The summed E-state index contributed by atoms with van der Waals surface area (Å²) in [7, 11) is 4.08. The van der Waals surface area contributed by atoms with Gasteiger partial charge in [-0.05, 0) is 61.1 Å². The molecule has 0 aliphatic heterocycles. The summed E-state index contributed by atoms with van der Waals surface area (Å²) in [5.74, 6) is 0.112. The first kappa shape index (κ1) is 16.8. The molecule has 0 saturated heterocycles. The molecule has 0 N–H and O–H groups in total. The van der Waals surface area contributed by atoms with Crippen molar-refractivity contribution in [2.45, 2.75) is 31.7 Å². The van der Waals surface area contributed by atoms with Crippen molar-refractivity contribution in [3.63, 3.8) is 0 Å². The van der Waals surface area contributed by atoms with Gasteiger partial charge in [-0.25, -0.2) is 0 Å². The summed E-state index contributed by atoms with van der Waals surface area (Å²) < 4.78 is 0.772. The van der Waals surface area contributed by atoms with Gasteiger partial charge in [-0.2, -0.15) is 0 Å². The maximum Gasteiger partial charge on any atom is 0.254 e. The summed E-state index contributed by atoms with van der Waals surface area (Å²) in [6, 6.07) is 5.79. The monoisotopic (exact) mass is 372 g/mol. The van der Waals surface area contributed by atoms with Gasteiger partial charge in [0.2, 0.25) is 0 Å². The lowest BCUT2D eigenvalue weighted by atomic mass is 10.1. The van der Waals surface area contributed by atoms with Crippen LogP contribution in [-0.2, 0) is 0 Å². The fraction of sp³-hybridized carbons (Fsp3) is 0.562. The highest BCUT2D eigenvalue weighted by atomic mass is 79.9. The van der Waals surface area contributed by atoms with Gasteiger partial charge >= 0.3 is 0 Å². The van der Waals surface area contributed by atoms with E-state index >= 15 is 0 Å². The van der Waals surface area contributed by atoms with Gasteiger partial charge in [-0.15, -0.1) is 0 Å². The van der Waals surface area contributed by atoms with Gasteiger partial charge in [0.25, 0.3) is 5.91 Å². The number of likely N-dealkylation sites (N-methyl/N-ethyl adjacent to an activating group) is 1. The average molecular weight is 374 g/mol. The minimum Gasteiger partial charge on any atom is -0.334 e. The maximum atomic E-state index is 12.9. The fourth-order valence-electron chi connectivity index (χ4n) is 2.77. The molecule has 0 atom stereocenters. The third-order valence-corrected chi connectivity index (χ3v) is 5.19. The van der Waals surface area contributed by atoms with E-state index in [0.29, 0.717) is 16.6 Å². The molecule has 21 heavy (non-hydrogen) atoms. The molecule has 0 spiro atoms. The Bertz CT molecular complexity index is 501. The summed E-state index contributed by atoms with van der Waals surface area (Å²) in [6.45, 7) is 1.66. The topological polar surface area (TPSA) is 23.6 Å².